The lowest BCUT2D eigenvalue weighted by atomic mass is 10.0. The van der Waals surface area contributed by atoms with E-state index in [-0.39, 0.29) is 11.7 Å². The van der Waals surface area contributed by atoms with Crippen molar-refractivity contribution in [3.63, 3.8) is 0 Å². The van der Waals surface area contributed by atoms with Crippen LogP contribution in [0.2, 0.25) is 0 Å². The van der Waals surface area contributed by atoms with Crippen LogP contribution in [-0.4, -0.2) is 22.6 Å². The first kappa shape index (κ1) is 17.1. The zero-order valence-corrected chi connectivity index (χ0v) is 13.2. The standard InChI is InChI=1S/C18H22N2O3/c1-2-16(12-14-8-10-17(11-9-14)20(22)23)19-13-18(21)15-6-4-3-5-7-15/h3-11,16,18-19,21H,2,12-13H2,1H3/t16-,18-/m0/s1. The number of aliphatic hydroxyl groups is 1. The molecular weight excluding hydrogens is 292 g/mol. The van der Waals surface area contributed by atoms with Gasteiger partial charge in [0.15, 0.2) is 0 Å². The zero-order chi connectivity index (χ0) is 16.7. The van der Waals surface area contributed by atoms with Crippen LogP contribution in [0.25, 0.3) is 0 Å². The van der Waals surface area contributed by atoms with Gasteiger partial charge in [-0.25, -0.2) is 0 Å². The fraction of sp³-hybridized carbons (Fsp3) is 0.333. The molecule has 5 nitrogen and oxygen atoms in total. The third-order valence-electron chi connectivity index (χ3n) is 3.91. The Labute approximate surface area is 136 Å². The number of rotatable bonds is 8. The molecule has 0 fully saturated rings. The van der Waals surface area contributed by atoms with Crippen LogP contribution >= 0.6 is 0 Å². The minimum atomic E-state index is -0.540. The molecule has 2 N–H and O–H groups in total. The van der Waals surface area contributed by atoms with E-state index in [4.69, 9.17) is 0 Å². The zero-order valence-electron chi connectivity index (χ0n) is 13.2. The van der Waals surface area contributed by atoms with Gasteiger partial charge in [0.25, 0.3) is 5.69 Å². The lowest BCUT2D eigenvalue weighted by molar-refractivity contribution is -0.384. The molecule has 2 aromatic rings. The van der Waals surface area contributed by atoms with Crippen LogP contribution in [0.4, 0.5) is 5.69 Å². The van der Waals surface area contributed by atoms with Crippen LogP contribution in [0.5, 0.6) is 0 Å². The molecule has 5 heteroatoms. The van der Waals surface area contributed by atoms with E-state index in [1.807, 2.05) is 30.3 Å². The van der Waals surface area contributed by atoms with Crippen molar-refractivity contribution < 1.29 is 10.0 Å². The van der Waals surface area contributed by atoms with E-state index in [9.17, 15) is 15.2 Å². The summed E-state index contributed by atoms with van der Waals surface area (Å²) in [5, 5.41) is 24.2. The molecular formula is C18H22N2O3. The summed E-state index contributed by atoms with van der Waals surface area (Å²) in [6.07, 6.45) is 1.15. The number of nitrogens with zero attached hydrogens (tertiary/aromatic N) is 1. The molecule has 0 aliphatic rings. The molecule has 0 aromatic heterocycles. The molecule has 0 aliphatic heterocycles. The topological polar surface area (TPSA) is 75.4 Å². The van der Waals surface area contributed by atoms with E-state index in [0.717, 1.165) is 24.0 Å². The number of aliphatic hydroxyl groups excluding tert-OH is 1. The van der Waals surface area contributed by atoms with Crippen molar-refractivity contribution >= 4 is 5.69 Å². The SMILES string of the molecule is CC[C@@H](Cc1ccc([N+](=O)[O-])cc1)NC[C@H](O)c1ccccc1. The summed E-state index contributed by atoms with van der Waals surface area (Å²) < 4.78 is 0. The number of nitro benzene ring substituents is 1. The maximum atomic E-state index is 10.7. The van der Waals surface area contributed by atoms with Crippen molar-refractivity contribution in [2.75, 3.05) is 6.54 Å². The van der Waals surface area contributed by atoms with Gasteiger partial charge in [0.05, 0.1) is 11.0 Å². The number of hydrogen-bond acceptors (Lipinski definition) is 4. The highest BCUT2D eigenvalue weighted by Crippen LogP contribution is 2.15. The van der Waals surface area contributed by atoms with Crippen LogP contribution in [-0.2, 0) is 6.42 Å². The molecule has 2 atom stereocenters. The van der Waals surface area contributed by atoms with Gasteiger partial charge in [-0.15, -0.1) is 0 Å². The van der Waals surface area contributed by atoms with Gasteiger partial charge in [0, 0.05) is 24.7 Å². The highest BCUT2D eigenvalue weighted by atomic mass is 16.6. The molecule has 0 bridgehead atoms. The molecule has 0 saturated heterocycles. The lowest BCUT2D eigenvalue weighted by Gasteiger charge is -2.20. The minimum absolute atomic E-state index is 0.106. The summed E-state index contributed by atoms with van der Waals surface area (Å²) in [7, 11) is 0. The smallest absolute Gasteiger partial charge is 0.269 e. The molecule has 0 radical (unpaired) electrons. The van der Waals surface area contributed by atoms with Gasteiger partial charge in [0.1, 0.15) is 0 Å². The Morgan fingerprint density at radius 2 is 1.78 bits per heavy atom. The molecule has 23 heavy (non-hydrogen) atoms. The third-order valence-corrected chi connectivity index (χ3v) is 3.91. The molecule has 2 aromatic carbocycles. The molecule has 0 unspecified atom stereocenters. The van der Waals surface area contributed by atoms with Gasteiger partial charge < -0.3 is 10.4 Å². The van der Waals surface area contributed by atoms with Crippen molar-refractivity contribution in [1.29, 1.82) is 0 Å². The van der Waals surface area contributed by atoms with E-state index in [1.165, 1.54) is 12.1 Å². The number of hydrogen-bond donors (Lipinski definition) is 2. The second-order valence-electron chi connectivity index (χ2n) is 5.57. The largest absolute Gasteiger partial charge is 0.387 e. The predicted molar refractivity (Wildman–Crippen MR) is 90.3 cm³/mol. The van der Waals surface area contributed by atoms with Crippen LogP contribution in [0.1, 0.15) is 30.6 Å². The maximum Gasteiger partial charge on any atom is 0.269 e. The average molecular weight is 314 g/mol. The van der Waals surface area contributed by atoms with Crippen molar-refractivity contribution in [3.05, 3.63) is 75.8 Å². The third kappa shape index (κ3) is 5.16. The lowest BCUT2D eigenvalue weighted by Crippen LogP contribution is -2.34. The number of benzene rings is 2. The van der Waals surface area contributed by atoms with Gasteiger partial charge >= 0.3 is 0 Å². The molecule has 0 aliphatic carbocycles. The second kappa shape index (κ2) is 8.41. The van der Waals surface area contributed by atoms with Crippen molar-refractivity contribution in [2.45, 2.75) is 31.9 Å². The van der Waals surface area contributed by atoms with Crippen molar-refractivity contribution in [3.8, 4) is 0 Å². The first-order valence-electron chi connectivity index (χ1n) is 7.80. The van der Waals surface area contributed by atoms with E-state index in [1.54, 1.807) is 12.1 Å². The molecule has 0 spiro atoms. The Balaban J connectivity index is 1.88. The minimum Gasteiger partial charge on any atom is -0.387 e. The Hall–Kier alpha value is -2.24. The normalized spacial score (nSPS) is 13.5. The second-order valence-corrected chi connectivity index (χ2v) is 5.57. The van der Waals surface area contributed by atoms with E-state index in [2.05, 4.69) is 12.2 Å². The Morgan fingerprint density at radius 1 is 1.13 bits per heavy atom. The summed E-state index contributed by atoms with van der Waals surface area (Å²) in [4.78, 5) is 10.3. The molecule has 0 heterocycles. The van der Waals surface area contributed by atoms with E-state index >= 15 is 0 Å². The van der Waals surface area contributed by atoms with Gasteiger partial charge in [-0.3, -0.25) is 10.1 Å². The summed E-state index contributed by atoms with van der Waals surface area (Å²) in [6.45, 7) is 2.56. The highest BCUT2D eigenvalue weighted by molar-refractivity contribution is 5.33. The molecule has 0 amide bonds. The highest BCUT2D eigenvalue weighted by Gasteiger charge is 2.12. The van der Waals surface area contributed by atoms with Crippen LogP contribution in [0, 0.1) is 10.1 Å². The van der Waals surface area contributed by atoms with Crippen LogP contribution in [0.15, 0.2) is 54.6 Å². The maximum absolute atomic E-state index is 10.7. The molecule has 0 saturated carbocycles. The first-order valence-corrected chi connectivity index (χ1v) is 7.80. The fourth-order valence-electron chi connectivity index (χ4n) is 2.47. The van der Waals surface area contributed by atoms with Gasteiger partial charge in [-0.2, -0.15) is 0 Å². The van der Waals surface area contributed by atoms with Gasteiger partial charge in [-0.05, 0) is 24.0 Å². The Morgan fingerprint density at radius 3 is 2.35 bits per heavy atom. The van der Waals surface area contributed by atoms with Gasteiger partial charge in [-0.1, -0.05) is 49.4 Å². The predicted octanol–water partition coefficient (Wildman–Crippen LogP) is 3.24. The fourth-order valence-corrected chi connectivity index (χ4v) is 2.47. The van der Waals surface area contributed by atoms with E-state index in [0.29, 0.717) is 6.54 Å². The van der Waals surface area contributed by atoms with Gasteiger partial charge in [0.2, 0.25) is 0 Å². The summed E-state index contributed by atoms with van der Waals surface area (Å²) in [5.41, 5.74) is 2.04. The summed E-state index contributed by atoms with van der Waals surface area (Å²) >= 11 is 0. The quantitative estimate of drug-likeness (QED) is 0.579. The summed E-state index contributed by atoms with van der Waals surface area (Å²) in [6, 6.07) is 16.4. The van der Waals surface area contributed by atoms with E-state index < -0.39 is 11.0 Å². The Kier molecular flexibility index (Phi) is 6.26. The van der Waals surface area contributed by atoms with Crippen molar-refractivity contribution in [2.24, 2.45) is 0 Å². The molecule has 122 valence electrons. The monoisotopic (exact) mass is 314 g/mol. The number of nitro groups is 1. The van der Waals surface area contributed by atoms with Crippen molar-refractivity contribution in [1.82, 2.24) is 5.32 Å². The van der Waals surface area contributed by atoms with Crippen LogP contribution < -0.4 is 5.32 Å². The Bertz CT molecular complexity index is 614. The molecule has 2 rings (SSSR count). The van der Waals surface area contributed by atoms with Crippen LogP contribution in [0.3, 0.4) is 0 Å². The number of non-ortho nitro benzene ring substituents is 1. The average Bonchev–Trinajstić information content (AvgIpc) is 2.59. The summed E-state index contributed by atoms with van der Waals surface area (Å²) in [5.74, 6) is 0. The number of nitrogens with one attached hydrogen (secondary N) is 1. The first-order chi connectivity index (χ1) is 11.1.